The van der Waals surface area contributed by atoms with Crippen LogP contribution in [-0.4, -0.2) is 24.7 Å². The number of fused-ring (bicyclic) bond motifs is 3. The van der Waals surface area contributed by atoms with Crippen LogP contribution in [0.3, 0.4) is 0 Å². The minimum absolute atomic E-state index is 0.0225. The standard InChI is InChI=1S/C14H15N5OS/c1-7(12-16-8(2)17-18-12)19-6-15-13-11(14(19)20)9-4-3-5-10(9)21-13/h6-7H,3-5H2,1-2H3,(H,16,17,18)/t7-/m1/s1. The predicted molar refractivity (Wildman–Crippen MR) is 80.8 cm³/mol. The molecule has 3 aromatic heterocycles. The topological polar surface area (TPSA) is 76.5 Å². The molecule has 21 heavy (non-hydrogen) atoms. The third-order valence-electron chi connectivity index (χ3n) is 4.06. The lowest BCUT2D eigenvalue weighted by molar-refractivity contribution is 0.577. The minimum Gasteiger partial charge on any atom is -0.288 e. The number of nitrogens with zero attached hydrogens (tertiary/aromatic N) is 4. The maximum Gasteiger partial charge on any atom is 0.263 e. The van der Waals surface area contributed by atoms with E-state index >= 15 is 0 Å². The molecule has 108 valence electrons. The highest BCUT2D eigenvalue weighted by atomic mass is 32.1. The summed E-state index contributed by atoms with van der Waals surface area (Å²) in [6.07, 6.45) is 4.82. The van der Waals surface area contributed by atoms with Crippen molar-refractivity contribution in [1.29, 1.82) is 0 Å². The molecule has 0 unspecified atom stereocenters. The van der Waals surface area contributed by atoms with Crippen molar-refractivity contribution in [3.05, 3.63) is 38.8 Å². The summed E-state index contributed by atoms with van der Waals surface area (Å²) in [5, 5.41) is 7.77. The summed E-state index contributed by atoms with van der Waals surface area (Å²) in [6.45, 7) is 3.77. The largest absolute Gasteiger partial charge is 0.288 e. The number of aromatic amines is 1. The Morgan fingerprint density at radius 3 is 3.05 bits per heavy atom. The molecule has 0 spiro atoms. The lowest BCUT2D eigenvalue weighted by Gasteiger charge is -2.11. The molecule has 6 nitrogen and oxygen atoms in total. The zero-order valence-corrected chi connectivity index (χ0v) is 12.7. The summed E-state index contributed by atoms with van der Waals surface area (Å²) >= 11 is 1.66. The summed E-state index contributed by atoms with van der Waals surface area (Å²) in [4.78, 5) is 23.8. The Kier molecular flexibility index (Phi) is 2.72. The van der Waals surface area contributed by atoms with Crippen molar-refractivity contribution >= 4 is 21.6 Å². The number of hydrogen-bond donors (Lipinski definition) is 1. The van der Waals surface area contributed by atoms with Crippen LogP contribution in [0.5, 0.6) is 0 Å². The molecule has 0 aromatic carbocycles. The van der Waals surface area contributed by atoms with Gasteiger partial charge < -0.3 is 0 Å². The highest BCUT2D eigenvalue weighted by Gasteiger charge is 2.23. The molecule has 3 aromatic rings. The van der Waals surface area contributed by atoms with Crippen molar-refractivity contribution in [1.82, 2.24) is 24.7 Å². The van der Waals surface area contributed by atoms with Crippen molar-refractivity contribution in [3.63, 3.8) is 0 Å². The first-order valence-corrected chi connectivity index (χ1v) is 7.87. The van der Waals surface area contributed by atoms with Crippen LogP contribution in [0.15, 0.2) is 11.1 Å². The molecular formula is C14H15N5OS. The molecule has 0 radical (unpaired) electrons. The van der Waals surface area contributed by atoms with Gasteiger partial charge in [0.15, 0.2) is 5.82 Å². The lowest BCUT2D eigenvalue weighted by atomic mass is 10.2. The van der Waals surface area contributed by atoms with E-state index in [1.54, 1.807) is 22.2 Å². The van der Waals surface area contributed by atoms with Crippen LogP contribution >= 0.6 is 11.3 Å². The molecule has 0 saturated carbocycles. The van der Waals surface area contributed by atoms with E-state index in [1.807, 2.05) is 13.8 Å². The SMILES string of the molecule is Cc1nc([C@@H](C)n2cnc3sc4c(c3c2=O)CCC4)n[nH]1. The highest BCUT2D eigenvalue weighted by Crippen LogP contribution is 2.34. The summed E-state index contributed by atoms with van der Waals surface area (Å²) in [7, 11) is 0. The second-order valence-electron chi connectivity index (χ2n) is 5.45. The van der Waals surface area contributed by atoms with Crippen LogP contribution in [0.4, 0.5) is 0 Å². The summed E-state index contributed by atoms with van der Waals surface area (Å²) < 4.78 is 1.64. The monoisotopic (exact) mass is 301 g/mol. The molecule has 7 heteroatoms. The van der Waals surface area contributed by atoms with Crippen LogP contribution in [0.2, 0.25) is 0 Å². The van der Waals surface area contributed by atoms with Gasteiger partial charge in [0.2, 0.25) is 0 Å². The van der Waals surface area contributed by atoms with Gasteiger partial charge in [-0.25, -0.2) is 9.97 Å². The first-order valence-electron chi connectivity index (χ1n) is 7.05. The number of aryl methyl sites for hydroxylation is 3. The van der Waals surface area contributed by atoms with Gasteiger partial charge in [-0.2, -0.15) is 5.10 Å². The highest BCUT2D eigenvalue weighted by molar-refractivity contribution is 7.18. The third kappa shape index (κ3) is 1.84. The van der Waals surface area contributed by atoms with E-state index < -0.39 is 0 Å². The van der Waals surface area contributed by atoms with Crippen LogP contribution in [0.1, 0.15) is 41.5 Å². The molecule has 3 heterocycles. The molecule has 0 bridgehead atoms. The van der Waals surface area contributed by atoms with Gasteiger partial charge >= 0.3 is 0 Å². The Labute approximate surface area is 124 Å². The fraction of sp³-hybridized carbons (Fsp3) is 0.429. The first-order chi connectivity index (χ1) is 10.1. The van der Waals surface area contributed by atoms with Gasteiger partial charge in [0, 0.05) is 4.88 Å². The van der Waals surface area contributed by atoms with Gasteiger partial charge in [-0.3, -0.25) is 14.5 Å². The average molecular weight is 301 g/mol. The molecule has 1 aliphatic rings. The maximum atomic E-state index is 12.8. The number of hydrogen-bond acceptors (Lipinski definition) is 5. The van der Waals surface area contributed by atoms with E-state index in [9.17, 15) is 4.79 Å². The summed E-state index contributed by atoms with van der Waals surface area (Å²) in [6, 6.07) is -0.226. The molecular weight excluding hydrogens is 286 g/mol. The maximum absolute atomic E-state index is 12.8. The minimum atomic E-state index is -0.226. The van der Waals surface area contributed by atoms with E-state index in [0.717, 1.165) is 35.3 Å². The van der Waals surface area contributed by atoms with E-state index in [0.29, 0.717) is 5.82 Å². The first kappa shape index (κ1) is 12.7. The fourth-order valence-corrected chi connectivity index (χ4v) is 4.16. The third-order valence-corrected chi connectivity index (χ3v) is 5.26. The molecule has 1 aliphatic carbocycles. The van der Waals surface area contributed by atoms with Crippen molar-refractivity contribution in [3.8, 4) is 0 Å². The Morgan fingerprint density at radius 1 is 1.43 bits per heavy atom. The van der Waals surface area contributed by atoms with Gasteiger partial charge in [0.25, 0.3) is 5.56 Å². The lowest BCUT2D eigenvalue weighted by Crippen LogP contribution is -2.25. The Hall–Kier alpha value is -2.02. The Morgan fingerprint density at radius 2 is 2.29 bits per heavy atom. The van der Waals surface area contributed by atoms with Gasteiger partial charge in [0.1, 0.15) is 10.7 Å². The molecule has 4 rings (SSSR count). The second-order valence-corrected chi connectivity index (χ2v) is 6.53. The molecule has 0 fully saturated rings. The summed E-state index contributed by atoms with van der Waals surface area (Å²) in [5.41, 5.74) is 1.23. The normalized spacial score (nSPS) is 15.5. The van der Waals surface area contributed by atoms with Crippen LogP contribution in [-0.2, 0) is 12.8 Å². The predicted octanol–water partition coefficient (Wildman–Crippen LogP) is 1.98. The van der Waals surface area contributed by atoms with Gasteiger partial charge in [-0.05, 0) is 38.7 Å². The number of H-pyrrole nitrogens is 1. The second kappa shape index (κ2) is 4.49. The van der Waals surface area contributed by atoms with Gasteiger partial charge in [-0.15, -0.1) is 11.3 Å². The molecule has 1 atom stereocenters. The number of thiophene rings is 1. The molecule has 1 N–H and O–H groups in total. The van der Waals surface area contributed by atoms with E-state index in [4.69, 9.17) is 0 Å². The van der Waals surface area contributed by atoms with Crippen LogP contribution < -0.4 is 5.56 Å². The van der Waals surface area contributed by atoms with E-state index in [2.05, 4.69) is 20.2 Å². The number of nitrogens with one attached hydrogen (secondary N) is 1. The van der Waals surface area contributed by atoms with Crippen molar-refractivity contribution in [2.24, 2.45) is 0 Å². The summed E-state index contributed by atoms with van der Waals surface area (Å²) in [5.74, 6) is 1.36. The van der Waals surface area contributed by atoms with E-state index in [-0.39, 0.29) is 11.6 Å². The molecule has 0 aliphatic heterocycles. The smallest absolute Gasteiger partial charge is 0.263 e. The zero-order chi connectivity index (χ0) is 14.6. The molecule has 0 saturated heterocycles. The van der Waals surface area contributed by atoms with Crippen molar-refractivity contribution in [2.45, 2.75) is 39.2 Å². The quantitative estimate of drug-likeness (QED) is 0.785. The van der Waals surface area contributed by atoms with Crippen LogP contribution in [0.25, 0.3) is 10.2 Å². The van der Waals surface area contributed by atoms with Crippen molar-refractivity contribution in [2.75, 3.05) is 0 Å². The zero-order valence-electron chi connectivity index (χ0n) is 11.9. The fourth-order valence-electron chi connectivity index (χ4n) is 2.94. The van der Waals surface area contributed by atoms with E-state index in [1.165, 1.54) is 10.4 Å². The van der Waals surface area contributed by atoms with Gasteiger partial charge in [-0.1, -0.05) is 0 Å². The molecule has 0 amide bonds. The average Bonchev–Trinajstić information content (AvgIpc) is 3.13. The van der Waals surface area contributed by atoms with Crippen molar-refractivity contribution < 1.29 is 0 Å². The number of rotatable bonds is 2. The van der Waals surface area contributed by atoms with Crippen LogP contribution in [0, 0.1) is 6.92 Å². The Bertz CT molecular complexity index is 891. The number of aromatic nitrogens is 5. The van der Waals surface area contributed by atoms with Gasteiger partial charge in [0.05, 0.1) is 17.8 Å². The Balaban J connectivity index is 1.90.